The minimum Gasteiger partial charge on any atom is -0.456 e. The molecule has 70 heavy (non-hydrogen) atoms. The molecule has 0 spiro atoms. The van der Waals surface area contributed by atoms with Crippen molar-refractivity contribution in [2.75, 3.05) is 0 Å². The number of aromatic nitrogens is 4. The number of pyridine rings is 1. The number of benzene rings is 11. The zero-order valence-corrected chi connectivity index (χ0v) is 38.2. The molecule has 0 saturated carbocycles. The van der Waals surface area contributed by atoms with E-state index >= 15 is 0 Å². The summed E-state index contributed by atoms with van der Waals surface area (Å²) < 4.78 is 9.23. The number of hydrogen-bond donors (Lipinski definition) is 0. The molecule has 5 nitrogen and oxygen atoms in total. The van der Waals surface area contributed by atoms with Gasteiger partial charge in [-0.1, -0.05) is 176 Å². The molecule has 0 aliphatic carbocycles. The van der Waals surface area contributed by atoms with Crippen molar-refractivity contribution in [3.63, 3.8) is 0 Å². The van der Waals surface area contributed by atoms with Gasteiger partial charge in [0.2, 0.25) is 0 Å². The summed E-state index contributed by atoms with van der Waals surface area (Å²) in [6.07, 6.45) is 0. The van der Waals surface area contributed by atoms with E-state index in [1.165, 1.54) is 47.8 Å². The predicted molar refractivity (Wildman–Crippen MR) is 292 cm³/mol. The van der Waals surface area contributed by atoms with Gasteiger partial charge in [0.1, 0.15) is 11.2 Å². The molecule has 4 heterocycles. The second kappa shape index (κ2) is 15.2. The second-order valence-corrected chi connectivity index (χ2v) is 19.1. The zero-order chi connectivity index (χ0) is 45.9. The van der Waals surface area contributed by atoms with Gasteiger partial charge in [-0.15, -0.1) is 11.3 Å². The molecule has 15 aromatic rings. The highest BCUT2D eigenvalue weighted by Gasteiger charge is 2.24. The standard InChI is InChI=1S/C64H36N4OS/c1-2-16-37(17-3-1)62-66-63(68-64(67-62)50-28-15-27-47-46-24-10-13-31-56(46)70-61(47)50)40-19-14-18-38(34-40)57-58-48-25-8-11-29-53(48)65-60(52(58)36-55-59(57)49-26-9-12-30-54(49)69-55)39-32-33-45-43-22-5-4-20-41(43)42-21-6-7-23-44(42)51(45)35-39/h1-36H. The van der Waals surface area contributed by atoms with Crippen molar-refractivity contribution < 1.29 is 4.42 Å². The lowest BCUT2D eigenvalue weighted by Gasteiger charge is -2.17. The summed E-state index contributed by atoms with van der Waals surface area (Å²) in [6.45, 7) is 0. The van der Waals surface area contributed by atoms with Crippen molar-refractivity contribution in [3.05, 3.63) is 218 Å². The van der Waals surface area contributed by atoms with Crippen LogP contribution in [0.4, 0.5) is 0 Å². The van der Waals surface area contributed by atoms with E-state index in [0.717, 1.165) is 87.4 Å². The van der Waals surface area contributed by atoms with Crippen molar-refractivity contribution in [1.82, 2.24) is 19.9 Å². The van der Waals surface area contributed by atoms with Crippen LogP contribution < -0.4 is 0 Å². The SMILES string of the molecule is c1ccc(-c2nc(-c3cccc(-c4c5c(cc6c(-c7ccc8c9ccccc9c9ccccc9c8c7)nc7ccccc7c46)oc4ccccc45)c3)nc(-c3cccc4c3sc3ccccc34)n2)cc1. The summed E-state index contributed by atoms with van der Waals surface area (Å²) in [5.74, 6) is 1.86. The van der Waals surface area contributed by atoms with Crippen molar-refractivity contribution in [2.24, 2.45) is 0 Å². The van der Waals surface area contributed by atoms with Gasteiger partial charge in [-0.3, -0.25) is 0 Å². The lowest BCUT2D eigenvalue weighted by molar-refractivity contribution is 0.669. The molecule has 0 saturated heterocycles. The third kappa shape index (κ3) is 5.90. The molecule has 0 amide bonds. The van der Waals surface area contributed by atoms with Crippen LogP contribution in [-0.2, 0) is 0 Å². The Balaban J connectivity index is 1.00. The van der Waals surface area contributed by atoms with E-state index in [9.17, 15) is 0 Å². The van der Waals surface area contributed by atoms with Gasteiger partial charge >= 0.3 is 0 Å². The first-order valence-corrected chi connectivity index (χ1v) is 24.4. The number of thiophene rings is 1. The van der Waals surface area contributed by atoms with E-state index in [0.29, 0.717) is 17.5 Å². The maximum atomic E-state index is 6.84. The van der Waals surface area contributed by atoms with Crippen LogP contribution in [0.2, 0.25) is 0 Å². The molecule has 0 unspecified atom stereocenters. The predicted octanol–water partition coefficient (Wildman–Crippen LogP) is 17.6. The molecule has 0 aliphatic rings. The fourth-order valence-electron chi connectivity index (χ4n) is 11.0. The van der Waals surface area contributed by atoms with E-state index in [4.69, 9.17) is 24.4 Å². The van der Waals surface area contributed by atoms with Crippen molar-refractivity contribution >= 4 is 107 Å². The molecule has 0 atom stereocenters. The van der Waals surface area contributed by atoms with Crippen molar-refractivity contribution in [3.8, 4) is 56.5 Å². The Bertz CT molecular complexity index is 4630. The topological polar surface area (TPSA) is 64.7 Å². The van der Waals surface area contributed by atoms with Crippen molar-refractivity contribution in [1.29, 1.82) is 0 Å². The minimum absolute atomic E-state index is 0.598. The normalized spacial score (nSPS) is 12.0. The van der Waals surface area contributed by atoms with E-state index in [1.54, 1.807) is 11.3 Å². The Morgan fingerprint density at radius 3 is 1.70 bits per heavy atom. The molecule has 4 aromatic heterocycles. The highest BCUT2D eigenvalue weighted by Crippen LogP contribution is 2.48. The Hall–Kier alpha value is -9.10. The number of rotatable bonds is 5. The maximum Gasteiger partial charge on any atom is 0.165 e. The molecular weight excluding hydrogens is 873 g/mol. The molecular formula is C64H36N4OS. The van der Waals surface area contributed by atoms with Crippen LogP contribution in [0.5, 0.6) is 0 Å². The van der Waals surface area contributed by atoms with Crippen LogP contribution in [-0.4, -0.2) is 19.9 Å². The summed E-state index contributed by atoms with van der Waals surface area (Å²) >= 11 is 1.78. The summed E-state index contributed by atoms with van der Waals surface area (Å²) in [4.78, 5) is 21.3. The smallest absolute Gasteiger partial charge is 0.165 e. The monoisotopic (exact) mass is 908 g/mol. The average molecular weight is 909 g/mol. The molecule has 0 bridgehead atoms. The number of hydrogen-bond acceptors (Lipinski definition) is 6. The molecule has 0 N–H and O–H groups in total. The largest absolute Gasteiger partial charge is 0.456 e. The van der Waals surface area contributed by atoms with E-state index < -0.39 is 0 Å². The van der Waals surface area contributed by atoms with Crippen LogP contribution in [0.1, 0.15) is 0 Å². The van der Waals surface area contributed by atoms with Gasteiger partial charge < -0.3 is 4.42 Å². The highest BCUT2D eigenvalue weighted by atomic mass is 32.1. The molecule has 0 fully saturated rings. The Morgan fingerprint density at radius 2 is 0.900 bits per heavy atom. The van der Waals surface area contributed by atoms with Gasteiger partial charge in [0, 0.05) is 74.9 Å². The number of fused-ring (bicyclic) bond motifs is 15. The van der Waals surface area contributed by atoms with E-state index in [1.807, 2.05) is 24.3 Å². The first kappa shape index (κ1) is 38.9. The van der Waals surface area contributed by atoms with Crippen LogP contribution in [0, 0.1) is 0 Å². The summed E-state index contributed by atoms with van der Waals surface area (Å²) in [5, 5.41) is 15.1. The number of para-hydroxylation sites is 2. The number of nitrogens with zero attached hydrogens (tertiary/aromatic N) is 4. The van der Waals surface area contributed by atoms with Crippen LogP contribution in [0.3, 0.4) is 0 Å². The fourth-order valence-corrected chi connectivity index (χ4v) is 12.2. The number of furan rings is 1. The summed E-state index contributed by atoms with van der Waals surface area (Å²) in [7, 11) is 0. The second-order valence-electron chi connectivity index (χ2n) is 18.0. The quantitative estimate of drug-likeness (QED) is 0.161. The Morgan fingerprint density at radius 1 is 0.314 bits per heavy atom. The van der Waals surface area contributed by atoms with E-state index in [2.05, 4.69) is 194 Å². The van der Waals surface area contributed by atoms with Crippen LogP contribution in [0.25, 0.3) is 153 Å². The molecule has 11 aromatic carbocycles. The molecule has 15 rings (SSSR count). The van der Waals surface area contributed by atoms with Gasteiger partial charge in [0.25, 0.3) is 0 Å². The lowest BCUT2D eigenvalue weighted by Crippen LogP contribution is -2.00. The molecule has 0 radical (unpaired) electrons. The van der Waals surface area contributed by atoms with Gasteiger partial charge in [0.15, 0.2) is 17.5 Å². The van der Waals surface area contributed by atoms with Crippen molar-refractivity contribution in [2.45, 2.75) is 0 Å². The first-order chi connectivity index (χ1) is 34.7. The maximum absolute atomic E-state index is 6.84. The summed E-state index contributed by atoms with van der Waals surface area (Å²) in [6, 6.07) is 77.4. The zero-order valence-electron chi connectivity index (χ0n) is 37.4. The Kier molecular flexibility index (Phi) is 8.46. The molecule has 324 valence electrons. The average Bonchev–Trinajstić information content (AvgIpc) is 4.01. The third-order valence-electron chi connectivity index (χ3n) is 14.1. The van der Waals surface area contributed by atoms with Gasteiger partial charge in [0.05, 0.1) is 11.2 Å². The van der Waals surface area contributed by atoms with E-state index in [-0.39, 0.29) is 0 Å². The third-order valence-corrected chi connectivity index (χ3v) is 15.3. The minimum atomic E-state index is 0.598. The summed E-state index contributed by atoms with van der Waals surface area (Å²) in [5.41, 5.74) is 9.38. The fraction of sp³-hybridized carbons (Fsp3) is 0. The molecule has 6 heteroatoms. The van der Waals surface area contributed by atoms with Gasteiger partial charge in [-0.2, -0.15) is 0 Å². The first-order valence-electron chi connectivity index (χ1n) is 23.5. The highest BCUT2D eigenvalue weighted by molar-refractivity contribution is 7.26. The lowest BCUT2D eigenvalue weighted by atomic mass is 9.88. The van der Waals surface area contributed by atoms with Gasteiger partial charge in [-0.05, 0) is 80.3 Å². The molecule has 0 aliphatic heterocycles. The van der Waals surface area contributed by atoms with Crippen LogP contribution >= 0.6 is 11.3 Å². The Labute approximate surface area is 404 Å². The van der Waals surface area contributed by atoms with Gasteiger partial charge in [-0.25, -0.2) is 19.9 Å². The van der Waals surface area contributed by atoms with Crippen LogP contribution in [0.15, 0.2) is 223 Å².